The van der Waals surface area contributed by atoms with Gasteiger partial charge in [-0.25, -0.2) is 0 Å². The molecule has 0 aromatic rings. The van der Waals surface area contributed by atoms with Crippen molar-refractivity contribution < 1.29 is 19.4 Å². The lowest BCUT2D eigenvalue weighted by atomic mass is 9.79. The highest BCUT2D eigenvalue weighted by atomic mass is 16.5. The molecule has 1 amide bonds. The summed E-state index contributed by atoms with van der Waals surface area (Å²) in [5.41, 5.74) is -0.578. The highest BCUT2D eigenvalue weighted by molar-refractivity contribution is 5.98. The van der Waals surface area contributed by atoms with E-state index in [1.807, 2.05) is 20.8 Å². The maximum atomic E-state index is 12.7. The van der Waals surface area contributed by atoms with Gasteiger partial charge in [0.1, 0.15) is 5.92 Å². The van der Waals surface area contributed by atoms with E-state index in [0.717, 1.165) is 25.7 Å². The number of rotatable bonds is 2. The smallest absolute Gasteiger partial charge is 0.316 e. The second-order valence-corrected chi connectivity index (χ2v) is 6.93. The number of fused-ring (bicyclic) bond motifs is 1. The molecule has 20 heavy (non-hydrogen) atoms. The van der Waals surface area contributed by atoms with Gasteiger partial charge in [0.2, 0.25) is 5.91 Å². The predicted octanol–water partition coefficient (Wildman–Crippen LogP) is 1.90. The fraction of sp³-hybridized carbons (Fsp3) is 0.867. The summed E-state index contributed by atoms with van der Waals surface area (Å²) in [6, 6.07) is 0.0641. The molecule has 0 aromatic heterocycles. The van der Waals surface area contributed by atoms with Crippen molar-refractivity contribution in [1.82, 2.24) is 4.90 Å². The van der Waals surface area contributed by atoms with Crippen LogP contribution in [0.15, 0.2) is 0 Å². The van der Waals surface area contributed by atoms with Crippen LogP contribution in [0.25, 0.3) is 0 Å². The number of amides is 1. The third-order valence-electron chi connectivity index (χ3n) is 4.38. The maximum absolute atomic E-state index is 12.7. The van der Waals surface area contributed by atoms with E-state index in [1.54, 1.807) is 4.90 Å². The zero-order valence-corrected chi connectivity index (χ0v) is 12.6. The first-order valence-electron chi connectivity index (χ1n) is 7.47. The molecule has 3 unspecified atom stereocenters. The van der Waals surface area contributed by atoms with Gasteiger partial charge < -0.3 is 14.7 Å². The van der Waals surface area contributed by atoms with Gasteiger partial charge in [-0.3, -0.25) is 9.59 Å². The van der Waals surface area contributed by atoms with Crippen molar-refractivity contribution in [3.8, 4) is 0 Å². The van der Waals surface area contributed by atoms with Gasteiger partial charge in [0.05, 0.1) is 18.8 Å². The number of carbonyl (C=O) groups is 2. The molecule has 1 heterocycles. The average Bonchev–Trinajstić information content (AvgIpc) is 2.35. The molecule has 3 atom stereocenters. The lowest BCUT2D eigenvalue weighted by Gasteiger charge is -2.45. The topological polar surface area (TPSA) is 66.8 Å². The Hall–Kier alpha value is -1.10. The van der Waals surface area contributed by atoms with Gasteiger partial charge >= 0.3 is 5.97 Å². The number of aliphatic carboxylic acids is 1. The molecular formula is C15H25NO4. The normalized spacial score (nSPS) is 28.6. The average molecular weight is 283 g/mol. The van der Waals surface area contributed by atoms with Gasteiger partial charge in [-0.2, -0.15) is 0 Å². The fourth-order valence-electron chi connectivity index (χ4n) is 3.38. The second kappa shape index (κ2) is 5.72. The number of hydrogen-bond donors (Lipinski definition) is 1. The van der Waals surface area contributed by atoms with Crippen LogP contribution in [0.2, 0.25) is 0 Å². The number of ether oxygens (including phenoxy) is 1. The molecule has 2 rings (SSSR count). The molecule has 2 aliphatic rings. The van der Waals surface area contributed by atoms with E-state index in [-0.39, 0.29) is 18.1 Å². The molecule has 1 saturated heterocycles. The molecule has 0 bridgehead atoms. The van der Waals surface area contributed by atoms with Crippen molar-refractivity contribution in [2.45, 2.75) is 58.6 Å². The Labute approximate surface area is 120 Å². The van der Waals surface area contributed by atoms with Gasteiger partial charge in [-0.1, -0.05) is 33.6 Å². The highest BCUT2D eigenvalue weighted by Gasteiger charge is 2.45. The van der Waals surface area contributed by atoms with Crippen molar-refractivity contribution in [2.24, 2.45) is 11.3 Å². The van der Waals surface area contributed by atoms with E-state index in [9.17, 15) is 14.7 Å². The minimum absolute atomic E-state index is 0.0641. The first kappa shape index (κ1) is 15.3. The summed E-state index contributed by atoms with van der Waals surface area (Å²) >= 11 is 0. The van der Waals surface area contributed by atoms with E-state index >= 15 is 0 Å². The molecule has 0 spiro atoms. The first-order valence-corrected chi connectivity index (χ1v) is 7.47. The van der Waals surface area contributed by atoms with Gasteiger partial charge in [0.15, 0.2) is 0 Å². The first-order chi connectivity index (χ1) is 9.32. The number of morpholine rings is 1. The second-order valence-electron chi connectivity index (χ2n) is 6.93. The quantitative estimate of drug-likeness (QED) is 0.786. The van der Waals surface area contributed by atoms with E-state index in [2.05, 4.69) is 0 Å². The van der Waals surface area contributed by atoms with Crippen LogP contribution in [-0.4, -0.2) is 47.2 Å². The largest absolute Gasteiger partial charge is 0.481 e. The predicted molar refractivity (Wildman–Crippen MR) is 74.3 cm³/mol. The Balaban J connectivity index is 2.19. The van der Waals surface area contributed by atoms with E-state index in [4.69, 9.17) is 4.74 Å². The number of hydrogen-bond acceptors (Lipinski definition) is 3. The van der Waals surface area contributed by atoms with Gasteiger partial charge in [0, 0.05) is 6.54 Å². The van der Waals surface area contributed by atoms with Crippen LogP contribution in [0, 0.1) is 11.3 Å². The maximum Gasteiger partial charge on any atom is 0.316 e. The monoisotopic (exact) mass is 283 g/mol. The molecule has 2 fully saturated rings. The molecule has 1 aliphatic carbocycles. The van der Waals surface area contributed by atoms with Crippen LogP contribution < -0.4 is 0 Å². The summed E-state index contributed by atoms with van der Waals surface area (Å²) in [4.78, 5) is 26.0. The molecule has 1 N–H and O–H groups in total. The van der Waals surface area contributed by atoms with Crippen LogP contribution in [0.3, 0.4) is 0 Å². The summed E-state index contributed by atoms with van der Waals surface area (Å²) in [5.74, 6) is -2.25. The molecular weight excluding hydrogens is 258 g/mol. The van der Waals surface area contributed by atoms with E-state index < -0.39 is 17.3 Å². The minimum atomic E-state index is -1.03. The molecule has 1 saturated carbocycles. The lowest BCUT2D eigenvalue weighted by Crippen LogP contribution is -2.58. The molecule has 0 radical (unpaired) electrons. The van der Waals surface area contributed by atoms with Crippen LogP contribution in [0.1, 0.15) is 46.5 Å². The summed E-state index contributed by atoms with van der Waals surface area (Å²) in [5, 5.41) is 9.43. The Morgan fingerprint density at radius 2 is 1.90 bits per heavy atom. The Bertz CT molecular complexity index is 386. The zero-order valence-electron chi connectivity index (χ0n) is 12.6. The summed E-state index contributed by atoms with van der Waals surface area (Å²) in [7, 11) is 0. The number of nitrogens with zero attached hydrogens (tertiary/aromatic N) is 1. The van der Waals surface area contributed by atoms with Gasteiger partial charge in [-0.15, -0.1) is 0 Å². The molecule has 114 valence electrons. The third kappa shape index (κ3) is 2.97. The Morgan fingerprint density at radius 3 is 2.50 bits per heavy atom. The molecule has 5 heteroatoms. The number of carbonyl (C=O) groups excluding carboxylic acids is 1. The molecule has 5 nitrogen and oxygen atoms in total. The van der Waals surface area contributed by atoms with Crippen molar-refractivity contribution >= 4 is 11.9 Å². The van der Waals surface area contributed by atoms with E-state index in [0.29, 0.717) is 13.2 Å². The summed E-state index contributed by atoms with van der Waals surface area (Å²) < 4.78 is 5.75. The highest BCUT2D eigenvalue weighted by Crippen LogP contribution is 2.33. The SMILES string of the molecule is CC(C)(C)C(C(=O)O)C(=O)N1CCOC2CCCCC21. The Morgan fingerprint density at radius 1 is 1.25 bits per heavy atom. The van der Waals surface area contributed by atoms with Crippen molar-refractivity contribution in [2.75, 3.05) is 13.2 Å². The molecule has 1 aliphatic heterocycles. The van der Waals surface area contributed by atoms with Crippen LogP contribution in [0.4, 0.5) is 0 Å². The summed E-state index contributed by atoms with van der Waals surface area (Å²) in [6.07, 6.45) is 4.21. The van der Waals surface area contributed by atoms with E-state index in [1.165, 1.54) is 0 Å². The van der Waals surface area contributed by atoms with Gasteiger partial charge in [-0.05, 0) is 18.3 Å². The summed E-state index contributed by atoms with van der Waals surface area (Å²) in [6.45, 7) is 6.46. The van der Waals surface area contributed by atoms with Gasteiger partial charge in [0.25, 0.3) is 0 Å². The number of carboxylic acid groups (broad SMARTS) is 1. The minimum Gasteiger partial charge on any atom is -0.481 e. The molecule has 0 aromatic carbocycles. The van der Waals surface area contributed by atoms with Crippen molar-refractivity contribution in [1.29, 1.82) is 0 Å². The third-order valence-corrected chi connectivity index (χ3v) is 4.38. The standard InChI is InChI=1S/C15H25NO4/c1-15(2,3)12(14(18)19)13(17)16-8-9-20-11-7-5-4-6-10(11)16/h10-12H,4-9H2,1-3H3,(H,18,19). The fourth-order valence-corrected chi connectivity index (χ4v) is 3.38. The van der Waals surface area contributed by atoms with Crippen molar-refractivity contribution in [3.63, 3.8) is 0 Å². The van der Waals surface area contributed by atoms with Crippen LogP contribution >= 0.6 is 0 Å². The van der Waals surface area contributed by atoms with Crippen LogP contribution in [-0.2, 0) is 14.3 Å². The lowest BCUT2D eigenvalue weighted by molar-refractivity contribution is -0.166. The Kier molecular flexibility index (Phi) is 4.37. The van der Waals surface area contributed by atoms with Crippen LogP contribution in [0.5, 0.6) is 0 Å². The van der Waals surface area contributed by atoms with Crippen molar-refractivity contribution in [3.05, 3.63) is 0 Å². The zero-order chi connectivity index (χ0) is 14.9. The number of carboxylic acids is 1.